The van der Waals surface area contributed by atoms with E-state index in [4.69, 9.17) is 0 Å². The van der Waals surface area contributed by atoms with Crippen molar-refractivity contribution in [1.82, 2.24) is 15.5 Å². The molecule has 3 rings (SSSR count). The van der Waals surface area contributed by atoms with Gasteiger partial charge in [-0.15, -0.1) is 24.0 Å². The summed E-state index contributed by atoms with van der Waals surface area (Å²) in [5.74, 6) is 0.983. The van der Waals surface area contributed by atoms with Crippen LogP contribution in [0.25, 0.3) is 0 Å². The summed E-state index contributed by atoms with van der Waals surface area (Å²) in [5.41, 5.74) is 1.89. The Hall–Kier alpha value is -0.820. The summed E-state index contributed by atoms with van der Waals surface area (Å²) >= 11 is 0. The summed E-state index contributed by atoms with van der Waals surface area (Å²) in [5, 5.41) is 7.27. The first kappa shape index (κ1) is 22.5. The van der Waals surface area contributed by atoms with Gasteiger partial charge >= 0.3 is 0 Å². The molecule has 1 heterocycles. The number of hydrogen-bond donors (Lipinski definition) is 2. The molecule has 1 aromatic carbocycles. The Morgan fingerprint density at radius 1 is 1.19 bits per heavy atom. The molecular weight excluding hydrogens is 447 g/mol. The molecule has 0 unspecified atom stereocenters. The van der Waals surface area contributed by atoms with E-state index in [1.807, 2.05) is 7.05 Å². The standard InChI is InChI=1S/C22H36N4.HI/c1-3-4-14-26-15-10-20(11-16-26)25-21(23-2)24-18-22(12-13-22)17-19-8-6-5-7-9-19;/h5-9,20H,3-4,10-18H2,1-2H3,(H2,23,24,25);1H. The third-order valence-corrected chi connectivity index (χ3v) is 5.99. The normalized spacial score (nSPS) is 20.0. The van der Waals surface area contributed by atoms with Gasteiger partial charge < -0.3 is 15.5 Å². The number of guanidine groups is 1. The van der Waals surface area contributed by atoms with Gasteiger partial charge in [-0.25, -0.2) is 0 Å². The van der Waals surface area contributed by atoms with Crippen molar-refractivity contribution in [2.24, 2.45) is 10.4 Å². The quantitative estimate of drug-likeness (QED) is 0.332. The molecule has 152 valence electrons. The topological polar surface area (TPSA) is 39.7 Å². The van der Waals surface area contributed by atoms with Crippen LogP contribution in [0.1, 0.15) is 51.0 Å². The molecule has 0 aromatic heterocycles. The SMILES string of the molecule is CCCCN1CCC(NC(=NC)NCC2(Cc3ccccc3)CC2)CC1.I. The molecule has 0 bridgehead atoms. The zero-order valence-corrected chi connectivity index (χ0v) is 19.4. The van der Waals surface area contributed by atoms with Crippen LogP contribution in [-0.4, -0.2) is 50.1 Å². The van der Waals surface area contributed by atoms with E-state index in [1.54, 1.807) is 0 Å². The van der Waals surface area contributed by atoms with E-state index >= 15 is 0 Å². The largest absolute Gasteiger partial charge is 0.356 e. The summed E-state index contributed by atoms with van der Waals surface area (Å²) < 4.78 is 0. The summed E-state index contributed by atoms with van der Waals surface area (Å²) in [7, 11) is 1.89. The van der Waals surface area contributed by atoms with Crippen molar-refractivity contribution in [2.75, 3.05) is 33.2 Å². The molecule has 0 radical (unpaired) electrons. The number of likely N-dealkylation sites (tertiary alicyclic amines) is 1. The number of unbranched alkanes of at least 4 members (excludes halogenated alkanes) is 1. The lowest BCUT2D eigenvalue weighted by Gasteiger charge is -2.33. The minimum atomic E-state index is 0. The molecular formula is C22H37IN4. The number of nitrogens with one attached hydrogen (secondary N) is 2. The average molecular weight is 484 g/mol. The van der Waals surface area contributed by atoms with Crippen molar-refractivity contribution < 1.29 is 0 Å². The average Bonchev–Trinajstić information content (AvgIpc) is 3.45. The van der Waals surface area contributed by atoms with Crippen molar-refractivity contribution >= 4 is 29.9 Å². The van der Waals surface area contributed by atoms with Gasteiger partial charge in [0.1, 0.15) is 0 Å². The molecule has 1 aliphatic heterocycles. The first-order valence-corrected chi connectivity index (χ1v) is 10.5. The Bertz CT molecular complexity index is 563. The van der Waals surface area contributed by atoms with Gasteiger partial charge in [0.25, 0.3) is 0 Å². The van der Waals surface area contributed by atoms with Crippen molar-refractivity contribution in [3.63, 3.8) is 0 Å². The lowest BCUT2D eigenvalue weighted by atomic mass is 9.96. The second-order valence-corrected chi connectivity index (χ2v) is 8.20. The maximum absolute atomic E-state index is 4.47. The molecule has 1 saturated carbocycles. The van der Waals surface area contributed by atoms with E-state index in [0.29, 0.717) is 11.5 Å². The van der Waals surface area contributed by atoms with Crippen LogP contribution in [0.3, 0.4) is 0 Å². The van der Waals surface area contributed by atoms with Gasteiger partial charge in [-0.2, -0.15) is 0 Å². The van der Waals surface area contributed by atoms with Crippen LogP contribution < -0.4 is 10.6 Å². The maximum atomic E-state index is 4.47. The van der Waals surface area contributed by atoms with Gasteiger partial charge in [-0.3, -0.25) is 4.99 Å². The predicted octanol–water partition coefficient (Wildman–Crippen LogP) is 4.06. The second-order valence-electron chi connectivity index (χ2n) is 8.20. The first-order chi connectivity index (χ1) is 12.7. The fraction of sp³-hybridized carbons (Fsp3) is 0.682. The number of benzene rings is 1. The number of rotatable bonds is 8. The predicted molar refractivity (Wildman–Crippen MR) is 126 cm³/mol. The van der Waals surface area contributed by atoms with E-state index in [2.05, 4.69) is 57.8 Å². The van der Waals surface area contributed by atoms with E-state index in [1.165, 1.54) is 70.1 Å². The number of piperidine rings is 1. The van der Waals surface area contributed by atoms with Crippen molar-refractivity contribution in [3.05, 3.63) is 35.9 Å². The molecule has 0 spiro atoms. The van der Waals surface area contributed by atoms with Crippen LogP contribution in [0.2, 0.25) is 0 Å². The molecule has 1 aliphatic carbocycles. The molecule has 4 nitrogen and oxygen atoms in total. The lowest BCUT2D eigenvalue weighted by molar-refractivity contribution is 0.203. The van der Waals surface area contributed by atoms with Crippen LogP contribution in [0, 0.1) is 5.41 Å². The number of nitrogens with zero attached hydrogens (tertiary/aromatic N) is 2. The monoisotopic (exact) mass is 484 g/mol. The molecule has 1 saturated heterocycles. The summed E-state index contributed by atoms with van der Waals surface area (Å²) in [4.78, 5) is 7.08. The molecule has 1 aromatic rings. The minimum absolute atomic E-state index is 0. The Kier molecular flexibility index (Phi) is 9.36. The Morgan fingerprint density at radius 2 is 1.89 bits per heavy atom. The third-order valence-electron chi connectivity index (χ3n) is 5.99. The van der Waals surface area contributed by atoms with Crippen molar-refractivity contribution in [1.29, 1.82) is 0 Å². The zero-order valence-electron chi connectivity index (χ0n) is 17.0. The maximum Gasteiger partial charge on any atom is 0.191 e. The molecule has 2 aliphatic rings. The van der Waals surface area contributed by atoms with Gasteiger partial charge in [0.2, 0.25) is 0 Å². The number of aliphatic imine (C=N–C) groups is 1. The summed E-state index contributed by atoms with van der Waals surface area (Å²) in [6, 6.07) is 11.4. The molecule has 5 heteroatoms. The van der Waals surface area contributed by atoms with E-state index in [0.717, 1.165) is 12.5 Å². The Morgan fingerprint density at radius 3 is 2.48 bits per heavy atom. The van der Waals surface area contributed by atoms with Crippen LogP contribution >= 0.6 is 24.0 Å². The smallest absolute Gasteiger partial charge is 0.191 e. The van der Waals surface area contributed by atoms with Crippen LogP contribution in [0.4, 0.5) is 0 Å². The minimum Gasteiger partial charge on any atom is -0.356 e. The first-order valence-electron chi connectivity index (χ1n) is 10.5. The Balaban J connectivity index is 0.00000261. The summed E-state index contributed by atoms with van der Waals surface area (Å²) in [6.45, 7) is 6.99. The van der Waals surface area contributed by atoms with Crippen molar-refractivity contribution in [2.45, 2.75) is 57.9 Å². The second kappa shape index (κ2) is 11.2. The van der Waals surface area contributed by atoms with Gasteiger partial charge in [0.15, 0.2) is 5.96 Å². The van der Waals surface area contributed by atoms with Crippen LogP contribution in [-0.2, 0) is 6.42 Å². The third kappa shape index (κ3) is 7.26. The van der Waals surface area contributed by atoms with Gasteiger partial charge in [0.05, 0.1) is 0 Å². The highest BCUT2D eigenvalue weighted by Gasteiger charge is 2.42. The molecule has 2 fully saturated rings. The van der Waals surface area contributed by atoms with E-state index in [9.17, 15) is 0 Å². The summed E-state index contributed by atoms with van der Waals surface area (Å²) in [6.07, 6.45) is 8.88. The number of halogens is 1. The molecule has 2 N–H and O–H groups in total. The Labute approximate surface area is 182 Å². The van der Waals surface area contributed by atoms with Crippen LogP contribution in [0.5, 0.6) is 0 Å². The van der Waals surface area contributed by atoms with Gasteiger partial charge in [-0.05, 0) is 56.0 Å². The highest BCUT2D eigenvalue weighted by molar-refractivity contribution is 14.0. The van der Waals surface area contributed by atoms with E-state index < -0.39 is 0 Å². The number of hydrogen-bond acceptors (Lipinski definition) is 2. The molecule has 0 amide bonds. The highest BCUT2D eigenvalue weighted by atomic mass is 127. The highest BCUT2D eigenvalue weighted by Crippen LogP contribution is 2.47. The molecule has 27 heavy (non-hydrogen) atoms. The van der Waals surface area contributed by atoms with Gasteiger partial charge in [-0.1, -0.05) is 43.7 Å². The molecule has 0 atom stereocenters. The van der Waals surface area contributed by atoms with Gasteiger partial charge in [0, 0.05) is 32.7 Å². The lowest BCUT2D eigenvalue weighted by Crippen LogP contribution is -2.49. The van der Waals surface area contributed by atoms with Crippen molar-refractivity contribution in [3.8, 4) is 0 Å². The van der Waals surface area contributed by atoms with E-state index in [-0.39, 0.29) is 24.0 Å². The fourth-order valence-electron chi connectivity index (χ4n) is 3.96. The fourth-order valence-corrected chi connectivity index (χ4v) is 3.96. The van der Waals surface area contributed by atoms with Crippen LogP contribution in [0.15, 0.2) is 35.3 Å². The zero-order chi connectivity index (χ0) is 18.2.